The summed E-state index contributed by atoms with van der Waals surface area (Å²) in [6.45, 7) is 8.63. The Morgan fingerprint density at radius 2 is 2.25 bits per heavy atom. The smallest absolute Gasteiger partial charge is 0.205 e. The second-order valence-corrected chi connectivity index (χ2v) is 5.10. The molecule has 0 amide bonds. The van der Waals surface area contributed by atoms with Crippen molar-refractivity contribution in [1.82, 2.24) is 9.55 Å². The van der Waals surface area contributed by atoms with Gasteiger partial charge in [-0.15, -0.1) is 0 Å². The van der Waals surface area contributed by atoms with Crippen LogP contribution in [0.15, 0.2) is 12.4 Å². The van der Waals surface area contributed by atoms with Crippen LogP contribution in [-0.2, 0) is 0 Å². The maximum Gasteiger partial charge on any atom is 0.205 e. The monoisotopic (exact) mass is 222 g/mol. The van der Waals surface area contributed by atoms with Crippen molar-refractivity contribution in [3.8, 4) is 0 Å². The summed E-state index contributed by atoms with van der Waals surface area (Å²) in [5.74, 6) is 1.64. The highest BCUT2D eigenvalue weighted by atomic mass is 15.3. The van der Waals surface area contributed by atoms with Crippen LogP contribution in [0.1, 0.15) is 33.2 Å². The van der Waals surface area contributed by atoms with Crippen LogP contribution in [0.25, 0.3) is 0 Å². The third kappa shape index (κ3) is 2.07. The molecule has 0 aliphatic carbocycles. The van der Waals surface area contributed by atoms with E-state index in [2.05, 4.69) is 41.4 Å². The SMILES string of the molecule is CC1CN(c2nccn2C(C)C)CCC1N. The first-order valence-electron chi connectivity index (χ1n) is 6.13. The summed E-state index contributed by atoms with van der Waals surface area (Å²) < 4.78 is 2.23. The molecule has 1 aliphatic rings. The Morgan fingerprint density at radius 1 is 1.50 bits per heavy atom. The number of aromatic nitrogens is 2. The Morgan fingerprint density at radius 3 is 2.88 bits per heavy atom. The molecule has 1 saturated heterocycles. The Bertz CT molecular complexity index is 345. The summed E-state index contributed by atoms with van der Waals surface area (Å²) in [5.41, 5.74) is 6.04. The molecule has 0 aromatic carbocycles. The van der Waals surface area contributed by atoms with Crippen LogP contribution in [0.2, 0.25) is 0 Å². The van der Waals surface area contributed by atoms with E-state index >= 15 is 0 Å². The predicted octanol–water partition coefficient (Wildman–Crippen LogP) is 1.64. The Balaban J connectivity index is 2.15. The number of hydrogen-bond donors (Lipinski definition) is 1. The highest BCUT2D eigenvalue weighted by Gasteiger charge is 2.25. The van der Waals surface area contributed by atoms with E-state index in [4.69, 9.17) is 5.73 Å². The van der Waals surface area contributed by atoms with Crippen LogP contribution in [0, 0.1) is 5.92 Å². The molecule has 0 bridgehead atoms. The van der Waals surface area contributed by atoms with Crippen molar-refractivity contribution < 1.29 is 0 Å². The lowest BCUT2D eigenvalue weighted by Crippen LogP contribution is -2.46. The molecule has 0 spiro atoms. The second-order valence-electron chi connectivity index (χ2n) is 5.10. The van der Waals surface area contributed by atoms with Crippen LogP contribution in [0.3, 0.4) is 0 Å². The lowest BCUT2D eigenvalue weighted by molar-refractivity contribution is 0.375. The third-order valence-corrected chi connectivity index (χ3v) is 3.46. The fraction of sp³-hybridized carbons (Fsp3) is 0.750. The largest absolute Gasteiger partial charge is 0.342 e. The van der Waals surface area contributed by atoms with Crippen LogP contribution < -0.4 is 10.6 Å². The van der Waals surface area contributed by atoms with Gasteiger partial charge in [0.05, 0.1) is 0 Å². The number of piperidine rings is 1. The number of nitrogens with zero attached hydrogens (tertiary/aromatic N) is 3. The number of rotatable bonds is 2. The predicted molar refractivity (Wildman–Crippen MR) is 66.6 cm³/mol. The van der Waals surface area contributed by atoms with Crippen molar-refractivity contribution in [1.29, 1.82) is 0 Å². The molecule has 1 aromatic heterocycles. The molecule has 1 aromatic rings. The van der Waals surface area contributed by atoms with E-state index < -0.39 is 0 Å². The Labute approximate surface area is 97.4 Å². The minimum absolute atomic E-state index is 0.346. The van der Waals surface area contributed by atoms with Crippen molar-refractivity contribution in [3.05, 3.63) is 12.4 Å². The van der Waals surface area contributed by atoms with Crippen LogP contribution in [0.4, 0.5) is 5.95 Å². The molecule has 2 rings (SSSR count). The first-order chi connectivity index (χ1) is 7.59. The Kier molecular flexibility index (Phi) is 3.19. The van der Waals surface area contributed by atoms with Crippen LogP contribution in [0.5, 0.6) is 0 Å². The highest BCUT2D eigenvalue weighted by molar-refractivity contribution is 5.33. The fourth-order valence-electron chi connectivity index (χ4n) is 2.30. The quantitative estimate of drug-likeness (QED) is 0.827. The molecule has 1 aliphatic heterocycles. The average molecular weight is 222 g/mol. The molecule has 4 nitrogen and oxygen atoms in total. The van der Waals surface area contributed by atoms with Gasteiger partial charge < -0.3 is 15.2 Å². The average Bonchev–Trinajstić information content (AvgIpc) is 2.71. The van der Waals surface area contributed by atoms with Gasteiger partial charge in [0.15, 0.2) is 0 Å². The van der Waals surface area contributed by atoms with Gasteiger partial charge in [-0.1, -0.05) is 6.92 Å². The second kappa shape index (κ2) is 4.45. The van der Waals surface area contributed by atoms with E-state index in [0.717, 1.165) is 25.5 Å². The molecule has 90 valence electrons. The first kappa shape index (κ1) is 11.5. The number of nitrogens with two attached hydrogens (primary N) is 1. The molecule has 0 saturated carbocycles. The highest BCUT2D eigenvalue weighted by Crippen LogP contribution is 2.23. The minimum atomic E-state index is 0.346. The van der Waals surface area contributed by atoms with Crippen molar-refractivity contribution in [2.45, 2.75) is 39.3 Å². The maximum absolute atomic E-state index is 6.04. The van der Waals surface area contributed by atoms with E-state index in [9.17, 15) is 0 Å². The van der Waals surface area contributed by atoms with Gasteiger partial charge in [-0.05, 0) is 26.2 Å². The van der Waals surface area contributed by atoms with Crippen molar-refractivity contribution in [3.63, 3.8) is 0 Å². The molecule has 2 unspecified atom stereocenters. The van der Waals surface area contributed by atoms with Crippen LogP contribution >= 0.6 is 0 Å². The fourth-order valence-corrected chi connectivity index (χ4v) is 2.30. The first-order valence-corrected chi connectivity index (χ1v) is 6.13. The zero-order chi connectivity index (χ0) is 11.7. The summed E-state index contributed by atoms with van der Waals surface area (Å²) >= 11 is 0. The van der Waals surface area contributed by atoms with Gasteiger partial charge in [-0.3, -0.25) is 0 Å². The minimum Gasteiger partial charge on any atom is -0.342 e. The molecule has 2 atom stereocenters. The molecule has 0 radical (unpaired) electrons. The van der Waals surface area contributed by atoms with Crippen molar-refractivity contribution >= 4 is 5.95 Å². The van der Waals surface area contributed by atoms with Gasteiger partial charge in [0, 0.05) is 37.6 Å². The third-order valence-electron chi connectivity index (χ3n) is 3.46. The molecule has 1 fully saturated rings. The molecule has 2 N–H and O–H groups in total. The number of anilines is 1. The lowest BCUT2D eigenvalue weighted by atomic mass is 9.95. The van der Waals surface area contributed by atoms with Gasteiger partial charge in [0.1, 0.15) is 0 Å². The zero-order valence-corrected chi connectivity index (χ0v) is 10.4. The summed E-state index contributed by atoms with van der Waals surface area (Å²) in [7, 11) is 0. The molecular formula is C12H22N4. The molecular weight excluding hydrogens is 200 g/mol. The van der Waals surface area contributed by atoms with E-state index in [1.807, 2.05) is 6.20 Å². The van der Waals surface area contributed by atoms with Gasteiger partial charge >= 0.3 is 0 Å². The molecule has 16 heavy (non-hydrogen) atoms. The van der Waals surface area contributed by atoms with Gasteiger partial charge in [0.2, 0.25) is 5.95 Å². The van der Waals surface area contributed by atoms with E-state index in [-0.39, 0.29) is 0 Å². The van der Waals surface area contributed by atoms with Crippen LogP contribution in [-0.4, -0.2) is 28.7 Å². The molecule has 2 heterocycles. The normalized spacial score (nSPS) is 26.4. The number of imidazole rings is 1. The summed E-state index contributed by atoms with van der Waals surface area (Å²) in [4.78, 5) is 6.82. The van der Waals surface area contributed by atoms with E-state index in [1.54, 1.807) is 0 Å². The zero-order valence-electron chi connectivity index (χ0n) is 10.4. The summed E-state index contributed by atoms with van der Waals surface area (Å²) in [6.07, 6.45) is 5.00. The topological polar surface area (TPSA) is 47.1 Å². The Hall–Kier alpha value is -1.03. The van der Waals surface area contributed by atoms with Gasteiger partial charge in [-0.25, -0.2) is 4.98 Å². The standard InChI is InChI=1S/C12H22N4/c1-9(2)16-7-5-14-12(16)15-6-4-11(13)10(3)8-15/h5,7,9-11H,4,6,8,13H2,1-3H3. The van der Waals surface area contributed by atoms with E-state index in [0.29, 0.717) is 18.0 Å². The van der Waals surface area contributed by atoms with E-state index in [1.165, 1.54) is 0 Å². The van der Waals surface area contributed by atoms with Gasteiger partial charge in [-0.2, -0.15) is 0 Å². The lowest BCUT2D eigenvalue weighted by Gasteiger charge is -2.36. The van der Waals surface area contributed by atoms with Crippen molar-refractivity contribution in [2.24, 2.45) is 11.7 Å². The summed E-state index contributed by atoms with van der Waals surface area (Å²) in [6, 6.07) is 0.808. The number of hydrogen-bond acceptors (Lipinski definition) is 3. The summed E-state index contributed by atoms with van der Waals surface area (Å²) in [5, 5.41) is 0. The molecule has 4 heteroatoms. The maximum atomic E-state index is 6.04. The van der Waals surface area contributed by atoms with Gasteiger partial charge in [0.25, 0.3) is 0 Å². The van der Waals surface area contributed by atoms with Crippen molar-refractivity contribution in [2.75, 3.05) is 18.0 Å².